The Morgan fingerprint density at radius 3 is 2.31 bits per heavy atom. The number of nitrogens with zero attached hydrogens (tertiary/aromatic N) is 1. The van der Waals surface area contributed by atoms with Gasteiger partial charge >= 0.3 is 0 Å². The van der Waals surface area contributed by atoms with Gasteiger partial charge in [0, 0.05) is 10.0 Å². The molecular weight excluding hydrogens is 471 g/mol. The summed E-state index contributed by atoms with van der Waals surface area (Å²) in [7, 11) is -3.79. The Labute approximate surface area is 197 Å². The van der Waals surface area contributed by atoms with E-state index in [1.54, 1.807) is 55.5 Å². The fraction of sp³-hybridized carbons (Fsp3) is 0.174. The lowest BCUT2D eigenvalue weighted by Crippen LogP contribution is -2.47. The van der Waals surface area contributed by atoms with Crippen molar-refractivity contribution in [3.05, 3.63) is 82.8 Å². The Hall–Kier alpha value is -2.74. The summed E-state index contributed by atoms with van der Waals surface area (Å²) in [6.45, 7) is 1.73. The van der Waals surface area contributed by atoms with Crippen molar-refractivity contribution in [1.29, 1.82) is 0 Å². The van der Waals surface area contributed by atoms with E-state index in [-0.39, 0.29) is 6.42 Å². The number of ether oxygens (including phenoxy) is 1. The first-order valence-corrected chi connectivity index (χ1v) is 12.4. The third-order valence-electron chi connectivity index (χ3n) is 4.56. The van der Waals surface area contributed by atoms with Gasteiger partial charge in [0.25, 0.3) is 0 Å². The van der Waals surface area contributed by atoms with Gasteiger partial charge in [-0.05, 0) is 55.0 Å². The fourth-order valence-corrected chi connectivity index (χ4v) is 4.75. The van der Waals surface area contributed by atoms with E-state index in [0.29, 0.717) is 32.9 Å². The number of carbonyl (C=O) groups is 1. The van der Waals surface area contributed by atoms with Gasteiger partial charge in [-0.15, -0.1) is 0 Å². The number of rotatable bonds is 8. The number of para-hydroxylation sites is 1. The number of hydrogen-bond donors (Lipinski definition) is 1. The van der Waals surface area contributed by atoms with Crippen LogP contribution >= 0.6 is 23.2 Å². The van der Waals surface area contributed by atoms with Crippen LogP contribution in [0.5, 0.6) is 11.5 Å². The van der Waals surface area contributed by atoms with Gasteiger partial charge in [-0.25, -0.2) is 8.42 Å². The number of amides is 1. The van der Waals surface area contributed by atoms with Gasteiger partial charge in [-0.1, -0.05) is 54.4 Å². The molecule has 0 unspecified atom stereocenters. The monoisotopic (exact) mass is 492 g/mol. The maximum absolute atomic E-state index is 13.3. The van der Waals surface area contributed by atoms with Gasteiger partial charge in [0.1, 0.15) is 11.8 Å². The second-order valence-electron chi connectivity index (χ2n) is 7.01. The average molecular weight is 493 g/mol. The normalized spacial score (nSPS) is 12.1. The van der Waals surface area contributed by atoms with E-state index in [9.17, 15) is 13.2 Å². The zero-order valence-corrected chi connectivity index (χ0v) is 19.8. The summed E-state index contributed by atoms with van der Waals surface area (Å²) in [6, 6.07) is 19.2. The van der Waals surface area contributed by atoms with Crippen molar-refractivity contribution in [1.82, 2.24) is 0 Å². The van der Waals surface area contributed by atoms with Crippen molar-refractivity contribution < 1.29 is 17.9 Å². The Morgan fingerprint density at radius 2 is 1.69 bits per heavy atom. The predicted octanol–water partition coefficient (Wildman–Crippen LogP) is 5.97. The van der Waals surface area contributed by atoms with Crippen molar-refractivity contribution in [3.63, 3.8) is 0 Å². The summed E-state index contributed by atoms with van der Waals surface area (Å²) in [5.41, 5.74) is 0.623. The molecule has 3 aromatic rings. The van der Waals surface area contributed by atoms with E-state index in [4.69, 9.17) is 27.9 Å². The van der Waals surface area contributed by atoms with Crippen LogP contribution in [0.1, 0.15) is 13.3 Å². The smallest absolute Gasteiger partial charge is 0.248 e. The molecule has 1 N–H and O–H groups in total. The summed E-state index contributed by atoms with van der Waals surface area (Å²) >= 11 is 12.2. The average Bonchev–Trinajstić information content (AvgIpc) is 2.73. The van der Waals surface area contributed by atoms with Crippen molar-refractivity contribution in [3.8, 4) is 11.5 Å². The lowest BCUT2D eigenvalue weighted by molar-refractivity contribution is -0.117. The molecule has 0 heterocycles. The molecule has 6 nitrogen and oxygen atoms in total. The third kappa shape index (κ3) is 5.94. The lowest BCUT2D eigenvalue weighted by Gasteiger charge is -2.30. The SMILES string of the molecule is CC[C@@H](C(=O)Nc1cc(Cl)ccc1Oc1ccccc1)N(c1cccc(Cl)c1)S(C)(=O)=O. The van der Waals surface area contributed by atoms with Gasteiger partial charge in [0.15, 0.2) is 5.75 Å². The number of hydrogen-bond acceptors (Lipinski definition) is 4. The molecule has 1 amide bonds. The maximum atomic E-state index is 13.3. The first-order valence-electron chi connectivity index (χ1n) is 9.77. The molecule has 0 aromatic heterocycles. The van der Waals surface area contributed by atoms with Crippen LogP contribution in [0.25, 0.3) is 0 Å². The highest BCUT2D eigenvalue weighted by atomic mass is 35.5. The van der Waals surface area contributed by atoms with Gasteiger partial charge in [-0.3, -0.25) is 9.10 Å². The quantitative estimate of drug-likeness (QED) is 0.420. The highest BCUT2D eigenvalue weighted by Crippen LogP contribution is 2.33. The van der Waals surface area contributed by atoms with Crippen LogP contribution in [-0.2, 0) is 14.8 Å². The minimum atomic E-state index is -3.79. The number of halogens is 2. The van der Waals surface area contributed by atoms with Gasteiger partial charge < -0.3 is 10.1 Å². The van der Waals surface area contributed by atoms with E-state index < -0.39 is 22.0 Å². The molecule has 0 aliphatic heterocycles. The summed E-state index contributed by atoms with van der Waals surface area (Å²) < 4.78 is 32.2. The summed E-state index contributed by atoms with van der Waals surface area (Å²) in [4.78, 5) is 13.3. The second kappa shape index (κ2) is 10.3. The van der Waals surface area contributed by atoms with Crippen LogP contribution in [-0.4, -0.2) is 26.6 Å². The number of benzene rings is 3. The first kappa shape index (κ1) is 23.9. The number of nitrogens with one attached hydrogen (secondary N) is 1. The van der Waals surface area contributed by atoms with Gasteiger partial charge in [0.05, 0.1) is 17.6 Å². The van der Waals surface area contributed by atoms with Crippen LogP contribution in [0.2, 0.25) is 10.0 Å². The van der Waals surface area contributed by atoms with Crippen molar-refractivity contribution in [2.45, 2.75) is 19.4 Å². The molecule has 0 radical (unpaired) electrons. The summed E-state index contributed by atoms with van der Waals surface area (Å²) in [5, 5.41) is 3.53. The van der Waals surface area contributed by atoms with E-state index in [1.807, 2.05) is 18.2 Å². The van der Waals surface area contributed by atoms with Crippen molar-refractivity contribution in [2.75, 3.05) is 15.9 Å². The molecule has 32 heavy (non-hydrogen) atoms. The highest BCUT2D eigenvalue weighted by Gasteiger charge is 2.32. The Bertz CT molecular complexity index is 1200. The molecule has 0 spiro atoms. The maximum Gasteiger partial charge on any atom is 0.248 e. The van der Waals surface area contributed by atoms with E-state index in [2.05, 4.69) is 5.32 Å². The fourth-order valence-electron chi connectivity index (χ4n) is 3.19. The molecule has 1 atom stereocenters. The molecule has 3 aromatic carbocycles. The largest absolute Gasteiger partial charge is 0.455 e. The van der Waals surface area contributed by atoms with Crippen LogP contribution in [0.4, 0.5) is 11.4 Å². The molecule has 0 saturated carbocycles. The van der Waals surface area contributed by atoms with E-state index in [0.717, 1.165) is 10.6 Å². The minimum Gasteiger partial charge on any atom is -0.455 e. The molecule has 3 rings (SSSR count). The minimum absolute atomic E-state index is 0.223. The second-order valence-corrected chi connectivity index (χ2v) is 9.74. The van der Waals surface area contributed by atoms with Crippen LogP contribution in [0, 0.1) is 0 Å². The van der Waals surface area contributed by atoms with E-state index in [1.165, 1.54) is 6.07 Å². The topological polar surface area (TPSA) is 75.7 Å². The van der Waals surface area contributed by atoms with Crippen molar-refractivity contribution in [2.24, 2.45) is 0 Å². The predicted molar refractivity (Wildman–Crippen MR) is 129 cm³/mol. The number of carbonyl (C=O) groups excluding carboxylic acids is 1. The zero-order chi connectivity index (χ0) is 23.3. The summed E-state index contributed by atoms with van der Waals surface area (Å²) in [5.74, 6) is 0.421. The van der Waals surface area contributed by atoms with Gasteiger partial charge in [-0.2, -0.15) is 0 Å². The number of sulfonamides is 1. The lowest BCUT2D eigenvalue weighted by atomic mass is 10.1. The molecule has 0 saturated heterocycles. The van der Waals surface area contributed by atoms with Gasteiger partial charge in [0.2, 0.25) is 15.9 Å². The molecular formula is C23H22Cl2N2O4S. The molecule has 0 aliphatic carbocycles. The Kier molecular flexibility index (Phi) is 7.66. The standard InChI is InChI=1S/C23H22Cl2N2O4S/c1-3-21(27(32(2,29)30)18-9-7-8-16(24)14-18)23(28)26-20-15-17(25)12-13-22(20)31-19-10-5-4-6-11-19/h4-15,21H,3H2,1-2H3,(H,26,28)/t21-/m0/s1. The van der Waals surface area contributed by atoms with Crippen LogP contribution < -0.4 is 14.4 Å². The first-order chi connectivity index (χ1) is 15.2. The molecule has 168 valence electrons. The van der Waals surface area contributed by atoms with Crippen LogP contribution in [0.3, 0.4) is 0 Å². The van der Waals surface area contributed by atoms with Crippen LogP contribution in [0.15, 0.2) is 72.8 Å². The van der Waals surface area contributed by atoms with E-state index >= 15 is 0 Å². The zero-order valence-electron chi connectivity index (χ0n) is 17.5. The highest BCUT2D eigenvalue weighted by molar-refractivity contribution is 7.92. The summed E-state index contributed by atoms with van der Waals surface area (Å²) in [6.07, 6.45) is 1.27. The van der Waals surface area contributed by atoms with Crippen molar-refractivity contribution >= 4 is 50.5 Å². The Balaban J connectivity index is 1.94. The Morgan fingerprint density at radius 1 is 1.00 bits per heavy atom. The molecule has 0 aliphatic rings. The number of anilines is 2. The third-order valence-corrected chi connectivity index (χ3v) is 6.21. The molecule has 0 bridgehead atoms. The molecule has 9 heteroatoms. The molecule has 0 fully saturated rings.